The zero-order valence-corrected chi connectivity index (χ0v) is 10.9. The summed E-state index contributed by atoms with van der Waals surface area (Å²) in [5.41, 5.74) is 6.61. The number of hydrogen-bond acceptors (Lipinski definition) is 5. The molecule has 0 aliphatic rings. The van der Waals surface area contributed by atoms with Gasteiger partial charge in [0, 0.05) is 15.2 Å². The summed E-state index contributed by atoms with van der Waals surface area (Å²) in [5, 5.41) is 13.7. The van der Waals surface area contributed by atoms with E-state index in [9.17, 15) is 0 Å². The Kier molecular flexibility index (Phi) is 3.53. The van der Waals surface area contributed by atoms with E-state index in [-0.39, 0.29) is 12.6 Å². The van der Waals surface area contributed by atoms with Crippen molar-refractivity contribution < 1.29 is 5.11 Å². The minimum atomic E-state index is -0.368. The maximum absolute atomic E-state index is 8.91. The Hall–Kier alpha value is -0.270. The summed E-state index contributed by atoms with van der Waals surface area (Å²) in [6.45, 7) is -0.0684. The number of aliphatic hydroxyl groups is 1. The fourth-order valence-corrected chi connectivity index (χ4v) is 3.37. The molecule has 2 heterocycles. The van der Waals surface area contributed by atoms with Gasteiger partial charge in [-0.2, -0.15) is 0 Å². The molecular formula is C9H9BrN2OS2. The molecule has 0 saturated heterocycles. The van der Waals surface area contributed by atoms with E-state index in [1.54, 1.807) is 11.3 Å². The topological polar surface area (TPSA) is 59.1 Å². The Morgan fingerprint density at radius 3 is 2.87 bits per heavy atom. The van der Waals surface area contributed by atoms with Gasteiger partial charge in [-0.05, 0) is 22.0 Å². The van der Waals surface area contributed by atoms with Crippen molar-refractivity contribution in [2.75, 3.05) is 6.61 Å². The van der Waals surface area contributed by atoms with Crippen LogP contribution >= 0.6 is 38.6 Å². The van der Waals surface area contributed by atoms with Crippen LogP contribution in [0.2, 0.25) is 0 Å². The molecule has 2 rings (SSSR count). The lowest BCUT2D eigenvalue weighted by molar-refractivity contribution is 0.268. The summed E-state index contributed by atoms with van der Waals surface area (Å²) < 4.78 is 1.06. The number of nitrogens with zero attached hydrogens (tertiary/aromatic N) is 1. The predicted molar refractivity (Wildman–Crippen MR) is 67.1 cm³/mol. The highest BCUT2D eigenvalue weighted by Gasteiger charge is 2.11. The first-order valence-electron chi connectivity index (χ1n) is 4.27. The predicted octanol–water partition coefficient (Wildman–Crippen LogP) is 2.63. The van der Waals surface area contributed by atoms with Crippen LogP contribution in [-0.2, 0) is 0 Å². The van der Waals surface area contributed by atoms with Gasteiger partial charge >= 0.3 is 0 Å². The van der Waals surface area contributed by atoms with Crippen LogP contribution in [0.1, 0.15) is 11.0 Å². The number of rotatable bonds is 3. The zero-order valence-electron chi connectivity index (χ0n) is 7.68. The molecule has 0 spiro atoms. The van der Waals surface area contributed by atoms with Crippen LogP contribution in [0.3, 0.4) is 0 Å². The van der Waals surface area contributed by atoms with E-state index in [2.05, 4.69) is 20.9 Å². The van der Waals surface area contributed by atoms with Crippen LogP contribution in [0.15, 0.2) is 21.3 Å². The lowest BCUT2D eigenvalue weighted by Crippen LogP contribution is -2.13. The van der Waals surface area contributed by atoms with E-state index in [0.29, 0.717) is 0 Å². The van der Waals surface area contributed by atoms with Crippen LogP contribution in [-0.4, -0.2) is 16.7 Å². The SMILES string of the molecule is NC(CO)c1nc(-c2cc(Br)cs2)cs1. The quantitative estimate of drug-likeness (QED) is 0.916. The summed E-state index contributed by atoms with van der Waals surface area (Å²) in [6.07, 6.45) is 0. The van der Waals surface area contributed by atoms with E-state index in [0.717, 1.165) is 20.1 Å². The maximum Gasteiger partial charge on any atom is 0.112 e. The minimum absolute atomic E-state index is 0.0684. The highest BCUT2D eigenvalue weighted by Crippen LogP contribution is 2.31. The van der Waals surface area contributed by atoms with Gasteiger partial charge < -0.3 is 10.8 Å². The van der Waals surface area contributed by atoms with Gasteiger partial charge in [0.2, 0.25) is 0 Å². The second-order valence-corrected chi connectivity index (χ2v) is 5.71. The lowest BCUT2D eigenvalue weighted by atomic mass is 10.3. The fraction of sp³-hybridized carbons (Fsp3) is 0.222. The van der Waals surface area contributed by atoms with Gasteiger partial charge in [0.15, 0.2) is 0 Å². The number of aromatic nitrogens is 1. The van der Waals surface area contributed by atoms with Crippen LogP contribution in [0.4, 0.5) is 0 Å². The van der Waals surface area contributed by atoms with Crippen molar-refractivity contribution in [1.29, 1.82) is 0 Å². The average Bonchev–Trinajstić information content (AvgIpc) is 2.84. The van der Waals surface area contributed by atoms with Crippen molar-refractivity contribution in [2.24, 2.45) is 5.73 Å². The number of thiazole rings is 1. The van der Waals surface area contributed by atoms with Crippen LogP contribution in [0, 0.1) is 0 Å². The summed E-state index contributed by atoms with van der Waals surface area (Å²) >= 11 is 6.51. The van der Waals surface area contributed by atoms with Crippen molar-refractivity contribution >= 4 is 38.6 Å². The minimum Gasteiger partial charge on any atom is -0.394 e. The molecular weight excluding hydrogens is 296 g/mol. The van der Waals surface area contributed by atoms with E-state index < -0.39 is 0 Å². The smallest absolute Gasteiger partial charge is 0.112 e. The normalized spacial score (nSPS) is 13.0. The van der Waals surface area contributed by atoms with Crippen molar-refractivity contribution in [3.63, 3.8) is 0 Å². The van der Waals surface area contributed by atoms with Crippen molar-refractivity contribution in [3.05, 3.63) is 26.3 Å². The zero-order chi connectivity index (χ0) is 10.8. The number of thiophene rings is 1. The highest BCUT2D eigenvalue weighted by atomic mass is 79.9. The lowest BCUT2D eigenvalue weighted by Gasteiger charge is -2.01. The third-order valence-corrected chi connectivity index (χ3v) is 4.55. The fourth-order valence-electron chi connectivity index (χ4n) is 1.10. The number of nitrogens with two attached hydrogens (primary N) is 1. The Bertz CT molecular complexity index is 454. The monoisotopic (exact) mass is 304 g/mol. The summed E-state index contributed by atoms with van der Waals surface area (Å²) in [6, 6.07) is 1.65. The molecule has 3 nitrogen and oxygen atoms in total. The first kappa shape index (κ1) is 11.2. The van der Waals surface area contributed by atoms with Gasteiger partial charge in [-0.1, -0.05) is 0 Å². The molecule has 1 unspecified atom stereocenters. The van der Waals surface area contributed by atoms with Gasteiger partial charge in [0.25, 0.3) is 0 Å². The number of hydrogen-bond donors (Lipinski definition) is 2. The van der Waals surface area contributed by atoms with E-state index >= 15 is 0 Å². The molecule has 0 aliphatic heterocycles. The summed E-state index contributed by atoms with van der Waals surface area (Å²) in [4.78, 5) is 5.49. The second-order valence-electron chi connectivity index (χ2n) is 2.99. The Balaban J connectivity index is 2.27. The van der Waals surface area contributed by atoms with Crippen molar-refractivity contribution in [2.45, 2.75) is 6.04 Å². The molecule has 0 aromatic carbocycles. The van der Waals surface area contributed by atoms with E-state index in [1.165, 1.54) is 11.3 Å². The van der Waals surface area contributed by atoms with Gasteiger partial charge in [-0.3, -0.25) is 0 Å². The second kappa shape index (κ2) is 4.71. The molecule has 1 atom stereocenters. The van der Waals surface area contributed by atoms with E-state index in [1.807, 2.05) is 16.8 Å². The molecule has 0 bridgehead atoms. The third kappa shape index (κ3) is 2.46. The summed E-state index contributed by atoms with van der Waals surface area (Å²) in [5.74, 6) is 0. The molecule has 0 saturated carbocycles. The van der Waals surface area contributed by atoms with E-state index in [4.69, 9.17) is 10.8 Å². The Morgan fingerprint density at radius 1 is 1.47 bits per heavy atom. The van der Waals surface area contributed by atoms with Gasteiger partial charge in [0.1, 0.15) is 5.01 Å². The average molecular weight is 305 g/mol. The van der Waals surface area contributed by atoms with Gasteiger partial charge in [-0.15, -0.1) is 22.7 Å². The molecule has 15 heavy (non-hydrogen) atoms. The molecule has 6 heteroatoms. The largest absolute Gasteiger partial charge is 0.394 e. The van der Waals surface area contributed by atoms with Crippen LogP contribution < -0.4 is 5.73 Å². The molecule has 3 N–H and O–H groups in total. The third-order valence-electron chi connectivity index (χ3n) is 1.86. The van der Waals surface area contributed by atoms with Gasteiger partial charge in [-0.25, -0.2) is 4.98 Å². The molecule has 2 aromatic heterocycles. The number of aliphatic hydroxyl groups excluding tert-OH is 1. The molecule has 80 valence electrons. The molecule has 2 aromatic rings. The Labute approximate surface area is 104 Å². The maximum atomic E-state index is 8.91. The molecule has 0 aliphatic carbocycles. The molecule has 0 radical (unpaired) electrons. The standard InChI is InChI=1S/C9H9BrN2OS2/c10-5-1-8(14-3-5)7-4-15-9(12-7)6(11)2-13/h1,3-4,6,13H,2,11H2. The highest BCUT2D eigenvalue weighted by molar-refractivity contribution is 9.10. The number of halogens is 1. The Morgan fingerprint density at radius 2 is 2.27 bits per heavy atom. The first-order valence-corrected chi connectivity index (χ1v) is 6.82. The van der Waals surface area contributed by atoms with Crippen LogP contribution in [0.25, 0.3) is 10.6 Å². The van der Waals surface area contributed by atoms with Crippen molar-refractivity contribution in [3.8, 4) is 10.6 Å². The van der Waals surface area contributed by atoms with Crippen LogP contribution in [0.5, 0.6) is 0 Å². The first-order chi connectivity index (χ1) is 7.20. The summed E-state index contributed by atoms with van der Waals surface area (Å²) in [7, 11) is 0. The van der Waals surface area contributed by atoms with Crippen molar-refractivity contribution in [1.82, 2.24) is 4.98 Å². The molecule has 0 fully saturated rings. The molecule has 0 amide bonds. The van der Waals surface area contributed by atoms with Gasteiger partial charge in [0.05, 0.1) is 23.2 Å².